The number of halogens is 2. The third-order valence-corrected chi connectivity index (χ3v) is 5.09. The summed E-state index contributed by atoms with van der Waals surface area (Å²) in [6, 6.07) is 12.8. The average Bonchev–Trinajstić information content (AvgIpc) is 2.73. The maximum atomic E-state index is 12.4. The van der Waals surface area contributed by atoms with Crippen LogP contribution in [0.1, 0.15) is 35.9 Å². The highest BCUT2D eigenvalue weighted by Crippen LogP contribution is 2.32. The lowest BCUT2D eigenvalue weighted by molar-refractivity contribution is -0.124. The first-order valence-corrected chi connectivity index (χ1v) is 10.5. The fourth-order valence-electron chi connectivity index (χ4n) is 3.01. The molecule has 0 fully saturated rings. The number of carbonyl (C=O) groups is 2. The molecule has 0 spiro atoms. The maximum absolute atomic E-state index is 12.4. The number of aliphatic hydroxyl groups is 1. The molecule has 0 aliphatic rings. The van der Waals surface area contributed by atoms with Crippen LogP contribution < -0.4 is 16.4 Å². The van der Waals surface area contributed by atoms with Crippen LogP contribution in [0.15, 0.2) is 54.7 Å². The molecule has 5 N–H and O–H groups in total. The third-order valence-electron chi connectivity index (χ3n) is 4.54. The van der Waals surface area contributed by atoms with E-state index in [9.17, 15) is 14.7 Å². The minimum Gasteiger partial charge on any atom is -0.383 e. The Balaban J connectivity index is 1.81. The Bertz CT molecular complexity index is 1170. The number of aliphatic hydroxyl groups excluding tert-OH is 1. The SMILES string of the molecule is CC(C)NC(=O)c1cc(-c2ccc(NC(=O)[C@@H](O)c3cccc(Cl)c3)cc2Cl)cnc1N. The van der Waals surface area contributed by atoms with Crippen LogP contribution in [-0.4, -0.2) is 27.9 Å². The predicted octanol–water partition coefficient (Wildman–Crippen LogP) is 4.45. The van der Waals surface area contributed by atoms with Crippen LogP contribution in [-0.2, 0) is 4.79 Å². The highest BCUT2D eigenvalue weighted by atomic mass is 35.5. The lowest BCUT2D eigenvalue weighted by Gasteiger charge is -2.14. The Kier molecular flexibility index (Phi) is 7.35. The van der Waals surface area contributed by atoms with E-state index in [0.29, 0.717) is 32.4 Å². The molecule has 9 heteroatoms. The van der Waals surface area contributed by atoms with Crippen LogP contribution in [0.25, 0.3) is 11.1 Å². The van der Waals surface area contributed by atoms with Crippen molar-refractivity contribution in [3.05, 3.63) is 75.9 Å². The van der Waals surface area contributed by atoms with Crippen LogP contribution in [0.3, 0.4) is 0 Å². The second-order valence-corrected chi connectivity index (χ2v) is 8.27. The van der Waals surface area contributed by atoms with Crippen LogP contribution in [0.5, 0.6) is 0 Å². The molecule has 1 aromatic heterocycles. The van der Waals surface area contributed by atoms with Crippen LogP contribution >= 0.6 is 23.2 Å². The maximum Gasteiger partial charge on any atom is 0.257 e. The van der Waals surface area contributed by atoms with Crippen LogP contribution in [0.2, 0.25) is 10.0 Å². The van der Waals surface area contributed by atoms with Gasteiger partial charge in [-0.25, -0.2) is 4.98 Å². The van der Waals surface area contributed by atoms with Gasteiger partial charge in [0.05, 0.1) is 10.6 Å². The van der Waals surface area contributed by atoms with Crippen molar-refractivity contribution in [1.82, 2.24) is 10.3 Å². The highest BCUT2D eigenvalue weighted by Gasteiger charge is 2.19. The number of carbonyl (C=O) groups excluding carboxylic acids is 2. The van der Waals surface area contributed by atoms with E-state index in [-0.39, 0.29) is 23.3 Å². The van der Waals surface area contributed by atoms with Gasteiger partial charge >= 0.3 is 0 Å². The Morgan fingerprint density at radius 1 is 1.09 bits per heavy atom. The first-order valence-electron chi connectivity index (χ1n) is 9.76. The summed E-state index contributed by atoms with van der Waals surface area (Å²) >= 11 is 12.3. The van der Waals surface area contributed by atoms with E-state index in [4.69, 9.17) is 28.9 Å². The lowest BCUT2D eigenvalue weighted by Crippen LogP contribution is -2.30. The van der Waals surface area contributed by atoms with E-state index >= 15 is 0 Å². The molecule has 3 rings (SSSR count). The summed E-state index contributed by atoms with van der Waals surface area (Å²) in [5.74, 6) is -0.846. The molecule has 1 atom stereocenters. The zero-order valence-electron chi connectivity index (χ0n) is 17.4. The van der Waals surface area contributed by atoms with E-state index in [2.05, 4.69) is 15.6 Å². The fraction of sp³-hybridized carbons (Fsp3) is 0.174. The third kappa shape index (κ3) is 5.56. The van der Waals surface area contributed by atoms with Gasteiger partial charge in [0, 0.05) is 34.1 Å². The van der Waals surface area contributed by atoms with Crippen molar-refractivity contribution in [3.8, 4) is 11.1 Å². The second kappa shape index (κ2) is 9.99. The molecule has 0 unspecified atom stereocenters. The normalized spacial score (nSPS) is 11.8. The Labute approximate surface area is 195 Å². The number of anilines is 2. The number of nitrogen functional groups attached to an aromatic ring is 1. The van der Waals surface area contributed by atoms with Gasteiger partial charge in [0.2, 0.25) is 0 Å². The number of amides is 2. The standard InChI is InChI=1S/C23H22Cl2N4O3/c1-12(2)28-22(31)18-9-14(11-27-21(18)26)17-7-6-16(10-19(17)25)29-23(32)20(30)13-4-3-5-15(24)8-13/h3-12,20,30H,1-2H3,(H2,26,27)(H,28,31)(H,29,32)/t20-/m0/s1. The summed E-state index contributed by atoms with van der Waals surface area (Å²) in [4.78, 5) is 28.9. The summed E-state index contributed by atoms with van der Waals surface area (Å²) in [7, 11) is 0. The number of nitrogens with one attached hydrogen (secondary N) is 2. The van der Waals surface area contributed by atoms with E-state index in [0.717, 1.165) is 0 Å². The molecule has 0 saturated heterocycles. The molecule has 3 aromatic rings. The van der Waals surface area contributed by atoms with Gasteiger partial charge in [-0.05, 0) is 49.7 Å². The van der Waals surface area contributed by atoms with E-state index in [1.54, 1.807) is 42.5 Å². The Morgan fingerprint density at radius 3 is 2.50 bits per heavy atom. The number of hydrogen-bond donors (Lipinski definition) is 4. The van der Waals surface area contributed by atoms with Gasteiger partial charge in [0.1, 0.15) is 5.82 Å². The highest BCUT2D eigenvalue weighted by molar-refractivity contribution is 6.33. The zero-order chi connectivity index (χ0) is 23.4. The number of pyridine rings is 1. The van der Waals surface area contributed by atoms with Gasteiger partial charge < -0.3 is 21.5 Å². The average molecular weight is 473 g/mol. The van der Waals surface area contributed by atoms with E-state index < -0.39 is 12.0 Å². The summed E-state index contributed by atoms with van der Waals surface area (Å²) in [5, 5.41) is 16.4. The number of benzene rings is 2. The quantitative estimate of drug-likeness (QED) is 0.422. The Morgan fingerprint density at radius 2 is 1.84 bits per heavy atom. The monoisotopic (exact) mass is 472 g/mol. The van der Waals surface area contributed by atoms with Crippen molar-refractivity contribution in [1.29, 1.82) is 0 Å². The van der Waals surface area contributed by atoms with E-state index in [1.807, 2.05) is 13.8 Å². The molecule has 2 amide bonds. The first-order chi connectivity index (χ1) is 15.2. The molecule has 1 heterocycles. The lowest BCUT2D eigenvalue weighted by atomic mass is 10.0. The first kappa shape index (κ1) is 23.5. The summed E-state index contributed by atoms with van der Waals surface area (Å²) < 4.78 is 0. The van der Waals surface area contributed by atoms with Gasteiger partial charge in [0.15, 0.2) is 6.10 Å². The van der Waals surface area contributed by atoms with Gasteiger partial charge in [-0.3, -0.25) is 9.59 Å². The van der Waals surface area contributed by atoms with Gasteiger partial charge in [0.25, 0.3) is 11.8 Å². The second-order valence-electron chi connectivity index (χ2n) is 7.43. The molecular formula is C23H22Cl2N4O3. The summed E-state index contributed by atoms with van der Waals surface area (Å²) in [6.07, 6.45) is 0.125. The summed E-state index contributed by atoms with van der Waals surface area (Å²) in [6.45, 7) is 3.69. The fourth-order valence-corrected chi connectivity index (χ4v) is 3.50. The van der Waals surface area contributed by atoms with Crippen LogP contribution in [0.4, 0.5) is 11.5 Å². The molecule has 0 bridgehead atoms. The molecule has 0 aliphatic heterocycles. The molecule has 0 radical (unpaired) electrons. The number of aromatic nitrogens is 1. The predicted molar refractivity (Wildman–Crippen MR) is 127 cm³/mol. The molecule has 0 aliphatic carbocycles. The molecule has 0 saturated carbocycles. The van der Waals surface area contributed by atoms with Gasteiger partial charge in [-0.15, -0.1) is 0 Å². The molecule has 166 valence electrons. The molecule has 2 aromatic carbocycles. The van der Waals surface area contributed by atoms with Crippen LogP contribution in [0, 0.1) is 0 Å². The van der Waals surface area contributed by atoms with Gasteiger partial charge in [-0.2, -0.15) is 0 Å². The molecule has 32 heavy (non-hydrogen) atoms. The van der Waals surface area contributed by atoms with Crippen molar-refractivity contribution in [3.63, 3.8) is 0 Å². The Hall–Kier alpha value is -3.13. The zero-order valence-corrected chi connectivity index (χ0v) is 18.9. The minimum absolute atomic E-state index is 0.0562. The number of rotatable bonds is 6. The largest absolute Gasteiger partial charge is 0.383 e. The minimum atomic E-state index is -1.39. The number of hydrogen-bond acceptors (Lipinski definition) is 5. The summed E-state index contributed by atoms with van der Waals surface area (Å²) in [5.41, 5.74) is 8.07. The topological polar surface area (TPSA) is 117 Å². The van der Waals surface area contributed by atoms with Crippen molar-refractivity contribution < 1.29 is 14.7 Å². The van der Waals surface area contributed by atoms with E-state index in [1.165, 1.54) is 12.3 Å². The number of nitrogens with two attached hydrogens (primary N) is 1. The molecular weight excluding hydrogens is 451 g/mol. The van der Waals surface area contributed by atoms with Crippen molar-refractivity contribution in [2.75, 3.05) is 11.1 Å². The van der Waals surface area contributed by atoms with Crippen molar-refractivity contribution in [2.24, 2.45) is 0 Å². The number of nitrogens with zero attached hydrogens (tertiary/aromatic N) is 1. The molecule has 7 nitrogen and oxygen atoms in total. The van der Waals surface area contributed by atoms with Gasteiger partial charge in [-0.1, -0.05) is 41.4 Å². The smallest absolute Gasteiger partial charge is 0.257 e. The van der Waals surface area contributed by atoms with Crippen molar-refractivity contribution in [2.45, 2.75) is 26.0 Å². The van der Waals surface area contributed by atoms with Crippen molar-refractivity contribution >= 4 is 46.5 Å².